The number of hydrogen-bond donors (Lipinski definition) is 2. The molecule has 2 nitrogen and oxygen atoms in total. The van der Waals surface area contributed by atoms with Crippen LogP contribution in [0.25, 0.3) is 0 Å². The van der Waals surface area contributed by atoms with Gasteiger partial charge in [-0.3, -0.25) is 0 Å². The van der Waals surface area contributed by atoms with Gasteiger partial charge in [0.2, 0.25) is 0 Å². The highest BCUT2D eigenvalue weighted by atomic mass is 14.9. The molecule has 2 aliphatic carbocycles. The lowest BCUT2D eigenvalue weighted by molar-refractivity contribution is 0.224. The molecule has 88 valence electrons. The molecule has 0 aromatic rings. The van der Waals surface area contributed by atoms with Gasteiger partial charge in [-0.25, -0.2) is 0 Å². The number of rotatable bonds is 5. The Morgan fingerprint density at radius 2 is 2.07 bits per heavy atom. The van der Waals surface area contributed by atoms with Crippen LogP contribution in [0.2, 0.25) is 0 Å². The molecule has 0 radical (unpaired) electrons. The fourth-order valence-electron chi connectivity index (χ4n) is 2.93. The highest BCUT2D eigenvalue weighted by Gasteiger charge is 2.28. The van der Waals surface area contributed by atoms with E-state index in [0.717, 1.165) is 24.3 Å². The third-order valence-electron chi connectivity index (χ3n) is 4.17. The predicted molar refractivity (Wildman–Crippen MR) is 64.7 cm³/mol. The first kappa shape index (κ1) is 11.4. The van der Waals surface area contributed by atoms with E-state index in [-0.39, 0.29) is 0 Å². The van der Waals surface area contributed by atoms with E-state index >= 15 is 0 Å². The average molecular weight is 210 g/mol. The van der Waals surface area contributed by atoms with E-state index in [1.54, 1.807) is 0 Å². The van der Waals surface area contributed by atoms with Crippen LogP contribution in [0.3, 0.4) is 0 Å². The topological polar surface area (TPSA) is 38.0 Å². The molecule has 2 heteroatoms. The van der Waals surface area contributed by atoms with E-state index in [2.05, 4.69) is 12.2 Å². The van der Waals surface area contributed by atoms with Gasteiger partial charge in [-0.15, -0.1) is 0 Å². The summed E-state index contributed by atoms with van der Waals surface area (Å²) in [5.41, 5.74) is 5.89. The zero-order valence-corrected chi connectivity index (χ0v) is 10.0. The fraction of sp³-hybridized carbons (Fsp3) is 1.00. The molecule has 3 N–H and O–H groups in total. The molecular formula is C13H26N2. The normalized spacial score (nSPS) is 34.0. The van der Waals surface area contributed by atoms with Crippen LogP contribution in [0.5, 0.6) is 0 Å². The molecule has 15 heavy (non-hydrogen) atoms. The molecule has 0 aromatic carbocycles. The zero-order valence-electron chi connectivity index (χ0n) is 10.0. The Balaban J connectivity index is 1.75. The van der Waals surface area contributed by atoms with Crippen molar-refractivity contribution >= 4 is 0 Å². The van der Waals surface area contributed by atoms with E-state index in [4.69, 9.17) is 5.73 Å². The summed E-state index contributed by atoms with van der Waals surface area (Å²) in [7, 11) is 0. The number of hydrogen-bond acceptors (Lipinski definition) is 2. The van der Waals surface area contributed by atoms with Crippen molar-refractivity contribution in [1.82, 2.24) is 5.32 Å². The van der Waals surface area contributed by atoms with E-state index in [1.165, 1.54) is 45.1 Å². The molecule has 0 aromatic heterocycles. The van der Waals surface area contributed by atoms with Gasteiger partial charge in [0, 0.05) is 12.6 Å². The maximum Gasteiger partial charge on any atom is 0.0218 e. The molecule has 0 heterocycles. The molecular weight excluding hydrogens is 184 g/mol. The predicted octanol–water partition coefficient (Wildman–Crippen LogP) is 2.14. The van der Waals surface area contributed by atoms with Crippen LogP contribution < -0.4 is 11.1 Å². The Bertz CT molecular complexity index is 189. The van der Waals surface area contributed by atoms with E-state index in [1.807, 2.05) is 0 Å². The molecule has 3 unspecified atom stereocenters. The summed E-state index contributed by atoms with van der Waals surface area (Å²) in [5, 5.41) is 3.70. The van der Waals surface area contributed by atoms with Crippen molar-refractivity contribution in [1.29, 1.82) is 0 Å². The summed E-state index contributed by atoms with van der Waals surface area (Å²) in [5.74, 6) is 2.73. The minimum atomic E-state index is 0.591. The first-order valence-corrected chi connectivity index (χ1v) is 6.73. The molecule has 2 saturated carbocycles. The van der Waals surface area contributed by atoms with Crippen LogP contribution in [0.15, 0.2) is 0 Å². The lowest BCUT2D eigenvalue weighted by Crippen LogP contribution is -2.44. The van der Waals surface area contributed by atoms with E-state index < -0.39 is 0 Å². The quantitative estimate of drug-likeness (QED) is 0.729. The van der Waals surface area contributed by atoms with Gasteiger partial charge in [0.1, 0.15) is 0 Å². The molecule has 2 rings (SSSR count). The first-order valence-electron chi connectivity index (χ1n) is 6.73. The summed E-state index contributed by atoms with van der Waals surface area (Å²) in [6, 6.07) is 0.591. The maximum absolute atomic E-state index is 5.89. The number of nitrogens with one attached hydrogen (secondary N) is 1. The minimum absolute atomic E-state index is 0.591. The smallest absolute Gasteiger partial charge is 0.0218 e. The van der Waals surface area contributed by atoms with Gasteiger partial charge in [0.25, 0.3) is 0 Å². The second kappa shape index (κ2) is 5.31. The highest BCUT2D eigenvalue weighted by Crippen LogP contribution is 2.32. The van der Waals surface area contributed by atoms with Gasteiger partial charge in [0.15, 0.2) is 0 Å². The van der Waals surface area contributed by atoms with Crippen molar-refractivity contribution in [2.75, 3.05) is 13.1 Å². The van der Waals surface area contributed by atoms with E-state index in [9.17, 15) is 0 Å². The lowest BCUT2D eigenvalue weighted by atomic mass is 9.78. The maximum atomic E-state index is 5.89. The van der Waals surface area contributed by atoms with Gasteiger partial charge in [0.05, 0.1) is 0 Å². The van der Waals surface area contributed by atoms with Crippen molar-refractivity contribution in [2.45, 2.75) is 51.5 Å². The summed E-state index contributed by atoms with van der Waals surface area (Å²) in [4.78, 5) is 0. The SMILES string of the molecule is CC1CCCC(C(CN)NCC2CC2)C1. The molecule has 0 aliphatic heterocycles. The van der Waals surface area contributed by atoms with Crippen molar-refractivity contribution < 1.29 is 0 Å². The summed E-state index contributed by atoms with van der Waals surface area (Å²) < 4.78 is 0. The monoisotopic (exact) mass is 210 g/mol. The Labute approximate surface area is 94.0 Å². The zero-order chi connectivity index (χ0) is 10.7. The summed E-state index contributed by atoms with van der Waals surface area (Å²) in [6.45, 7) is 4.43. The average Bonchev–Trinajstić information content (AvgIpc) is 3.03. The van der Waals surface area contributed by atoms with Gasteiger partial charge < -0.3 is 11.1 Å². The van der Waals surface area contributed by atoms with Gasteiger partial charge in [-0.1, -0.05) is 19.8 Å². The summed E-state index contributed by atoms with van der Waals surface area (Å²) in [6.07, 6.45) is 8.49. The molecule has 2 aliphatic rings. The second-order valence-corrected chi connectivity index (χ2v) is 5.73. The third-order valence-corrected chi connectivity index (χ3v) is 4.17. The molecule has 0 bridgehead atoms. The first-order chi connectivity index (χ1) is 7.29. The van der Waals surface area contributed by atoms with Crippen LogP contribution in [0, 0.1) is 17.8 Å². The van der Waals surface area contributed by atoms with Gasteiger partial charge >= 0.3 is 0 Å². The largest absolute Gasteiger partial charge is 0.329 e. The Hall–Kier alpha value is -0.0800. The number of nitrogens with two attached hydrogens (primary N) is 1. The standard InChI is InChI=1S/C13H26N2/c1-10-3-2-4-12(7-10)13(8-14)15-9-11-5-6-11/h10-13,15H,2-9,14H2,1H3. The minimum Gasteiger partial charge on any atom is -0.329 e. The third kappa shape index (κ3) is 3.46. The molecule has 0 saturated heterocycles. The summed E-state index contributed by atoms with van der Waals surface area (Å²) >= 11 is 0. The van der Waals surface area contributed by atoms with Crippen molar-refractivity contribution in [3.05, 3.63) is 0 Å². The van der Waals surface area contributed by atoms with Crippen molar-refractivity contribution in [3.63, 3.8) is 0 Å². The van der Waals surface area contributed by atoms with Crippen LogP contribution >= 0.6 is 0 Å². The van der Waals surface area contributed by atoms with Crippen LogP contribution in [0.1, 0.15) is 45.4 Å². The molecule has 2 fully saturated rings. The van der Waals surface area contributed by atoms with Gasteiger partial charge in [-0.05, 0) is 50.0 Å². The lowest BCUT2D eigenvalue weighted by Gasteiger charge is -2.33. The van der Waals surface area contributed by atoms with Crippen molar-refractivity contribution in [2.24, 2.45) is 23.5 Å². The van der Waals surface area contributed by atoms with Crippen molar-refractivity contribution in [3.8, 4) is 0 Å². The van der Waals surface area contributed by atoms with Crippen LogP contribution in [0.4, 0.5) is 0 Å². The van der Waals surface area contributed by atoms with Crippen LogP contribution in [-0.4, -0.2) is 19.1 Å². The molecule has 3 atom stereocenters. The highest BCUT2D eigenvalue weighted by molar-refractivity contribution is 4.84. The Morgan fingerprint density at radius 1 is 1.27 bits per heavy atom. The Kier molecular flexibility index (Phi) is 4.04. The second-order valence-electron chi connectivity index (χ2n) is 5.73. The fourth-order valence-corrected chi connectivity index (χ4v) is 2.93. The Morgan fingerprint density at radius 3 is 2.67 bits per heavy atom. The van der Waals surface area contributed by atoms with Crippen LogP contribution in [-0.2, 0) is 0 Å². The van der Waals surface area contributed by atoms with Gasteiger partial charge in [-0.2, -0.15) is 0 Å². The molecule has 0 spiro atoms. The molecule has 0 amide bonds. The van der Waals surface area contributed by atoms with E-state index in [0.29, 0.717) is 6.04 Å².